The summed E-state index contributed by atoms with van der Waals surface area (Å²) in [4.78, 5) is 11.0. The molecule has 1 aromatic heterocycles. The molecule has 0 saturated heterocycles. The molecule has 0 bridgehead atoms. The third kappa shape index (κ3) is 3.66. The van der Waals surface area contributed by atoms with Gasteiger partial charge in [-0.05, 0) is 30.7 Å². The molecule has 6 heteroatoms. The van der Waals surface area contributed by atoms with Gasteiger partial charge in [-0.2, -0.15) is 0 Å². The Labute approximate surface area is 123 Å². The van der Waals surface area contributed by atoms with Gasteiger partial charge in [0, 0.05) is 7.11 Å². The van der Waals surface area contributed by atoms with Crippen molar-refractivity contribution in [2.24, 2.45) is 0 Å². The summed E-state index contributed by atoms with van der Waals surface area (Å²) in [5.74, 6) is 0.816. The van der Waals surface area contributed by atoms with Gasteiger partial charge >= 0.3 is 0 Å². The molecular formula is C15H19N3O3. The fourth-order valence-electron chi connectivity index (χ4n) is 1.90. The second kappa shape index (κ2) is 7.54. The number of hydrogen-bond donors (Lipinski definition) is 0. The SMILES string of the molecule is CCCCOc1ccc(-n2nnc(C=O)c2COC)cc1. The van der Waals surface area contributed by atoms with Crippen molar-refractivity contribution in [1.29, 1.82) is 0 Å². The smallest absolute Gasteiger partial charge is 0.172 e. The van der Waals surface area contributed by atoms with Crippen molar-refractivity contribution in [3.63, 3.8) is 0 Å². The van der Waals surface area contributed by atoms with E-state index in [4.69, 9.17) is 9.47 Å². The van der Waals surface area contributed by atoms with Crippen LogP contribution in [0.4, 0.5) is 0 Å². The Balaban J connectivity index is 2.18. The number of methoxy groups -OCH3 is 1. The van der Waals surface area contributed by atoms with E-state index >= 15 is 0 Å². The molecule has 0 N–H and O–H groups in total. The lowest BCUT2D eigenvalue weighted by atomic mass is 10.2. The molecule has 1 aromatic carbocycles. The molecule has 112 valence electrons. The van der Waals surface area contributed by atoms with Crippen LogP contribution < -0.4 is 4.74 Å². The highest BCUT2D eigenvalue weighted by Crippen LogP contribution is 2.17. The zero-order chi connectivity index (χ0) is 15.1. The highest BCUT2D eigenvalue weighted by atomic mass is 16.5. The van der Waals surface area contributed by atoms with Crippen molar-refractivity contribution in [2.75, 3.05) is 13.7 Å². The summed E-state index contributed by atoms with van der Waals surface area (Å²) in [6, 6.07) is 7.51. The Morgan fingerprint density at radius 3 is 2.67 bits per heavy atom. The highest BCUT2D eigenvalue weighted by Gasteiger charge is 2.13. The molecule has 0 aliphatic carbocycles. The number of nitrogens with zero attached hydrogens (tertiary/aromatic N) is 3. The normalized spacial score (nSPS) is 10.6. The molecule has 0 aliphatic rings. The van der Waals surface area contributed by atoms with Crippen LogP contribution in [0.25, 0.3) is 5.69 Å². The number of carbonyl (C=O) groups excluding carboxylic acids is 1. The van der Waals surface area contributed by atoms with Gasteiger partial charge in [-0.3, -0.25) is 4.79 Å². The summed E-state index contributed by atoms with van der Waals surface area (Å²) in [5.41, 5.74) is 1.73. The summed E-state index contributed by atoms with van der Waals surface area (Å²) < 4.78 is 12.3. The van der Waals surface area contributed by atoms with Crippen LogP contribution >= 0.6 is 0 Å². The number of carbonyl (C=O) groups is 1. The lowest BCUT2D eigenvalue weighted by molar-refractivity contribution is 0.111. The van der Waals surface area contributed by atoms with Gasteiger partial charge in [-0.15, -0.1) is 5.10 Å². The van der Waals surface area contributed by atoms with E-state index in [1.54, 1.807) is 11.8 Å². The van der Waals surface area contributed by atoms with E-state index in [2.05, 4.69) is 17.2 Å². The minimum Gasteiger partial charge on any atom is -0.494 e. The van der Waals surface area contributed by atoms with Gasteiger partial charge in [0.1, 0.15) is 11.4 Å². The van der Waals surface area contributed by atoms with Crippen LogP contribution in [0.2, 0.25) is 0 Å². The van der Waals surface area contributed by atoms with Gasteiger partial charge in [-0.25, -0.2) is 4.68 Å². The van der Waals surface area contributed by atoms with Crippen LogP contribution in [0.3, 0.4) is 0 Å². The second-order valence-corrected chi connectivity index (χ2v) is 4.58. The van der Waals surface area contributed by atoms with Crippen molar-refractivity contribution >= 4 is 6.29 Å². The van der Waals surface area contributed by atoms with Crippen LogP contribution in [0, 0.1) is 0 Å². The van der Waals surface area contributed by atoms with Crippen molar-refractivity contribution in [2.45, 2.75) is 26.4 Å². The predicted octanol–water partition coefficient (Wildman–Crippen LogP) is 2.41. The van der Waals surface area contributed by atoms with Crippen LogP contribution in [-0.4, -0.2) is 35.0 Å². The molecule has 0 atom stereocenters. The van der Waals surface area contributed by atoms with Gasteiger partial charge in [0.05, 0.1) is 18.9 Å². The molecule has 0 amide bonds. The lowest BCUT2D eigenvalue weighted by Gasteiger charge is -2.08. The number of unbranched alkanes of at least 4 members (excludes halogenated alkanes) is 1. The molecule has 1 heterocycles. The third-order valence-electron chi connectivity index (χ3n) is 3.03. The molecule has 0 spiro atoms. The highest BCUT2D eigenvalue weighted by molar-refractivity contribution is 5.73. The molecule has 0 unspecified atom stereocenters. The van der Waals surface area contributed by atoms with E-state index in [1.165, 1.54) is 0 Å². The van der Waals surface area contributed by atoms with E-state index in [0.29, 0.717) is 24.3 Å². The number of hydrogen-bond acceptors (Lipinski definition) is 5. The molecular weight excluding hydrogens is 270 g/mol. The van der Waals surface area contributed by atoms with Crippen molar-refractivity contribution in [3.05, 3.63) is 35.7 Å². The van der Waals surface area contributed by atoms with Crippen molar-refractivity contribution < 1.29 is 14.3 Å². The summed E-state index contributed by atoms with van der Waals surface area (Å²) in [6.45, 7) is 3.11. The van der Waals surface area contributed by atoms with Crippen molar-refractivity contribution in [1.82, 2.24) is 15.0 Å². The molecule has 2 aromatic rings. The quantitative estimate of drug-likeness (QED) is 0.551. The predicted molar refractivity (Wildman–Crippen MR) is 77.9 cm³/mol. The fraction of sp³-hybridized carbons (Fsp3) is 0.400. The van der Waals surface area contributed by atoms with Gasteiger partial charge in [0.15, 0.2) is 12.0 Å². The Hall–Kier alpha value is -2.21. The first-order chi connectivity index (χ1) is 10.3. The topological polar surface area (TPSA) is 66.2 Å². The van der Waals surface area contributed by atoms with E-state index in [9.17, 15) is 4.79 Å². The number of benzene rings is 1. The molecule has 6 nitrogen and oxygen atoms in total. The molecule has 0 fully saturated rings. The Kier molecular flexibility index (Phi) is 5.45. The number of aldehydes is 1. The number of rotatable bonds is 8. The minimum atomic E-state index is 0.274. The van der Waals surface area contributed by atoms with E-state index in [0.717, 1.165) is 24.3 Å². The first-order valence-corrected chi connectivity index (χ1v) is 6.92. The molecule has 2 rings (SSSR count). The first-order valence-electron chi connectivity index (χ1n) is 6.92. The largest absolute Gasteiger partial charge is 0.494 e. The molecule has 0 radical (unpaired) electrons. The van der Waals surface area contributed by atoms with Crippen LogP contribution in [0.15, 0.2) is 24.3 Å². The van der Waals surface area contributed by atoms with E-state index < -0.39 is 0 Å². The maximum absolute atomic E-state index is 11.0. The maximum Gasteiger partial charge on any atom is 0.172 e. The summed E-state index contributed by atoms with van der Waals surface area (Å²) in [5, 5.41) is 7.84. The fourth-order valence-corrected chi connectivity index (χ4v) is 1.90. The Bertz CT molecular complexity index is 578. The van der Waals surface area contributed by atoms with Crippen LogP contribution in [0.5, 0.6) is 5.75 Å². The summed E-state index contributed by atoms with van der Waals surface area (Å²) in [7, 11) is 1.57. The van der Waals surface area contributed by atoms with E-state index in [1.807, 2.05) is 24.3 Å². The first kappa shape index (κ1) is 15.2. The van der Waals surface area contributed by atoms with Crippen LogP contribution in [-0.2, 0) is 11.3 Å². The third-order valence-corrected chi connectivity index (χ3v) is 3.03. The Morgan fingerprint density at radius 2 is 2.05 bits per heavy atom. The average Bonchev–Trinajstić information content (AvgIpc) is 2.91. The molecule has 21 heavy (non-hydrogen) atoms. The summed E-state index contributed by atoms with van der Waals surface area (Å²) >= 11 is 0. The molecule has 0 saturated carbocycles. The molecule has 0 aliphatic heterocycles. The second-order valence-electron chi connectivity index (χ2n) is 4.58. The Morgan fingerprint density at radius 1 is 1.29 bits per heavy atom. The zero-order valence-corrected chi connectivity index (χ0v) is 12.3. The van der Waals surface area contributed by atoms with Gasteiger partial charge in [0.25, 0.3) is 0 Å². The monoisotopic (exact) mass is 289 g/mol. The maximum atomic E-state index is 11.0. The van der Waals surface area contributed by atoms with Gasteiger partial charge in [0.2, 0.25) is 0 Å². The van der Waals surface area contributed by atoms with Gasteiger partial charge in [-0.1, -0.05) is 18.6 Å². The number of aromatic nitrogens is 3. The average molecular weight is 289 g/mol. The number of ether oxygens (including phenoxy) is 2. The standard InChI is InChI=1S/C15H19N3O3/c1-3-4-9-21-13-7-5-12(6-8-13)18-15(11-20-2)14(10-19)16-17-18/h5-8,10H,3-4,9,11H2,1-2H3. The zero-order valence-electron chi connectivity index (χ0n) is 12.3. The van der Waals surface area contributed by atoms with Crippen LogP contribution in [0.1, 0.15) is 35.9 Å². The van der Waals surface area contributed by atoms with E-state index in [-0.39, 0.29) is 6.61 Å². The lowest BCUT2D eigenvalue weighted by Crippen LogP contribution is -2.05. The van der Waals surface area contributed by atoms with Gasteiger partial charge < -0.3 is 9.47 Å². The van der Waals surface area contributed by atoms with Crippen molar-refractivity contribution in [3.8, 4) is 11.4 Å². The minimum absolute atomic E-state index is 0.274. The summed E-state index contributed by atoms with van der Waals surface area (Å²) in [6.07, 6.45) is 2.82.